The average molecular weight is 315 g/mol. The SMILES string of the molecule is Cc1ccc(C)c(OCC(=O)NCC2CNCC2O)c1.Cl. The monoisotopic (exact) mass is 314 g/mol. The molecule has 1 aromatic carbocycles. The fourth-order valence-electron chi connectivity index (χ4n) is 2.23. The van der Waals surface area contributed by atoms with Gasteiger partial charge < -0.3 is 20.5 Å². The van der Waals surface area contributed by atoms with Gasteiger partial charge in [-0.25, -0.2) is 0 Å². The maximum Gasteiger partial charge on any atom is 0.257 e. The molecule has 0 saturated carbocycles. The van der Waals surface area contributed by atoms with Gasteiger partial charge in [0.25, 0.3) is 5.91 Å². The molecule has 21 heavy (non-hydrogen) atoms. The van der Waals surface area contributed by atoms with Gasteiger partial charge in [0.1, 0.15) is 5.75 Å². The predicted octanol–water partition coefficient (Wildman–Crippen LogP) is 0.801. The molecule has 5 nitrogen and oxygen atoms in total. The van der Waals surface area contributed by atoms with Crippen LogP contribution in [0, 0.1) is 19.8 Å². The molecule has 2 rings (SSSR count). The Balaban J connectivity index is 0.00000220. The van der Waals surface area contributed by atoms with Crippen molar-refractivity contribution in [1.29, 1.82) is 0 Å². The number of amides is 1. The summed E-state index contributed by atoms with van der Waals surface area (Å²) in [5.74, 6) is 0.660. The molecule has 1 saturated heterocycles. The van der Waals surface area contributed by atoms with Crippen molar-refractivity contribution in [1.82, 2.24) is 10.6 Å². The third-order valence-corrected chi connectivity index (χ3v) is 3.57. The number of β-amino-alcohol motifs (C(OH)–C–C–N with tert-alkyl or cyclic N) is 1. The van der Waals surface area contributed by atoms with Crippen molar-refractivity contribution in [3.05, 3.63) is 29.3 Å². The van der Waals surface area contributed by atoms with Crippen LogP contribution < -0.4 is 15.4 Å². The number of halogens is 1. The lowest BCUT2D eigenvalue weighted by Gasteiger charge is -2.15. The quantitative estimate of drug-likeness (QED) is 0.752. The van der Waals surface area contributed by atoms with Crippen LogP contribution in [0.5, 0.6) is 5.75 Å². The first-order valence-electron chi connectivity index (χ1n) is 6.92. The van der Waals surface area contributed by atoms with Crippen LogP contribution in [0.3, 0.4) is 0 Å². The Morgan fingerprint density at radius 3 is 2.86 bits per heavy atom. The van der Waals surface area contributed by atoms with E-state index in [9.17, 15) is 9.90 Å². The Kier molecular flexibility index (Phi) is 6.95. The standard InChI is InChI=1S/C15H22N2O3.ClH/c1-10-3-4-11(2)14(5-10)20-9-15(19)17-7-12-6-16-8-13(12)18;/h3-5,12-13,16,18H,6-9H2,1-2H3,(H,17,19);1H. The molecule has 1 amide bonds. The van der Waals surface area contributed by atoms with Crippen molar-refractivity contribution >= 4 is 18.3 Å². The van der Waals surface area contributed by atoms with Crippen molar-refractivity contribution in [2.24, 2.45) is 5.92 Å². The normalized spacial score (nSPS) is 20.7. The van der Waals surface area contributed by atoms with E-state index in [-0.39, 0.29) is 36.9 Å². The Hall–Kier alpha value is -1.30. The van der Waals surface area contributed by atoms with Gasteiger partial charge in [-0.1, -0.05) is 12.1 Å². The highest BCUT2D eigenvalue weighted by atomic mass is 35.5. The second-order valence-corrected chi connectivity index (χ2v) is 5.35. The lowest BCUT2D eigenvalue weighted by Crippen LogP contribution is -2.36. The van der Waals surface area contributed by atoms with E-state index in [1.807, 2.05) is 32.0 Å². The summed E-state index contributed by atoms with van der Waals surface area (Å²) in [7, 11) is 0. The van der Waals surface area contributed by atoms with Crippen molar-refractivity contribution in [2.45, 2.75) is 20.0 Å². The first-order valence-corrected chi connectivity index (χ1v) is 6.92. The van der Waals surface area contributed by atoms with Crippen LogP contribution in [-0.4, -0.2) is 43.4 Å². The number of carbonyl (C=O) groups is 1. The molecule has 118 valence electrons. The van der Waals surface area contributed by atoms with Gasteiger partial charge in [-0.15, -0.1) is 12.4 Å². The summed E-state index contributed by atoms with van der Waals surface area (Å²) < 4.78 is 5.53. The zero-order valence-electron chi connectivity index (χ0n) is 12.4. The lowest BCUT2D eigenvalue weighted by atomic mass is 10.1. The number of rotatable bonds is 5. The average Bonchev–Trinajstić information content (AvgIpc) is 2.83. The van der Waals surface area contributed by atoms with Crippen LogP contribution in [0.4, 0.5) is 0 Å². The molecule has 1 aromatic rings. The summed E-state index contributed by atoms with van der Waals surface area (Å²) >= 11 is 0. The van der Waals surface area contributed by atoms with Crippen molar-refractivity contribution in [2.75, 3.05) is 26.2 Å². The highest BCUT2D eigenvalue weighted by Crippen LogP contribution is 2.18. The summed E-state index contributed by atoms with van der Waals surface area (Å²) in [4.78, 5) is 11.7. The minimum atomic E-state index is -0.379. The van der Waals surface area contributed by atoms with E-state index in [1.54, 1.807) is 0 Å². The smallest absolute Gasteiger partial charge is 0.257 e. The van der Waals surface area contributed by atoms with Crippen molar-refractivity contribution in [3.63, 3.8) is 0 Å². The number of benzene rings is 1. The highest BCUT2D eigenvalue weighted by Gasteiger charge is 2.24. The van der Waals surface area contributed by atoms with Crippen LogP contribution in [-0.2, 0) is 4.79 Å². The highest BCUT2D eigenvalue weighted by molar-refractivity contribution is 5.85. The van der Waals surface area contributed by atoms with Gasteiger partial charge in [0.05, 0.1) is 6.10 Å². The molecule has 2 atom stereocenters. The van der Waals surface area contributed by atoms with E-state index in [1.165, 1.54) is 0 Å². The Morgan fingerprint density at radius 2 is 2.19 bits per heavy atom. The number of hydrogen-bond acceptors (Lipinski definition) is 4. The number of aliphatic hydroxyl groups excluding tert-OH is 1. The number of aliphatic hydroxyl groups is 1. The maximum atomic E-state index is 11.7. The molecule has 0 aliphatic carbocycles. The van der Waals surface area contributed by atoms with Crippen LogP contribution in [0.1, 0.15) is 11.1 Å². The van der Waals surface area contributed by atoms with E-state index in [2.05, 4.69) is 10.6 Å². The van der Waals surface area contributed by atoms with Gasteiger partial charge in [0, 0.05) is 25.6 Å². The molecule has 3 N–H and O–H groups in total. The van der Waals surface area contributed by atoms with Gasteiger partial charge in [0.15, 0.2) is 6.61 Å². The molecule has 1 heterocycles. The molecule has 1 aliphatic rings. The Morgan fingerprint density at radius 1 is 1.43 bits per heavy atom. The summed E-state index contributed by atoms with van der Waals surface area (Å²) in [6.45, 7) is 5.75. The Labute approximate surface area is 131 Å². The van der Waals surface area contributed by atoms with E-state index >= 15 is 0 Å². The maximum absolute atomic E-state index is 11.7. The third kappa shape index (κ3) is 5.19. The zero-order chi connectivity index (χ0) is 14.5. The van der Waals surface area contributed by atoms with Crippen LogP contribution in [0.2, 0.25) is 0 Å². The van der Waals surface area contributed by atoms with Gasteiger partial charge in [-0.2, -0.15) is 0 Å². The molecule has 1 aliphatic heterocycles. The number of hydrogen-bond donors (Lipinski definition) is 3. The second kappa shape index (κ2) is 8.22. The number of carbonyl (C=O) groups excluding carboxylic acids is 1. The van der Waals surface area contributed by atoms with Crippen LogP contribution >= 0.6 is 12.4 Å². The van der Waals surface area contributed by atoms with Gasteiger partial charge in [-0.05, 0) is 31.0 Å². The molecule has 0 aromatic heterocycles. The van der Waals surface area contributed by atoms with E-state index in [4.69, 9.17) is 4.74 Å². The molecule has 0 radical (unpaired) electrons. The number of ether oxygens (including phenoxy) is 1. The van der Waals surface area contributed by atoms with Crippen molar-refractivity contribution in [3.8, 4) is 5.75 Å². The summed E-state index contributed by atoms with van der Waals surface area (Å²) in [6.07, 6.45) is -0.379. The molecule has 6 heteroatoms. The van der Waals surface area contributed by atoms with Crippen molar-refractivity contribution < 1.29 is 14.6 Å². The summed E-state index contributed by atoms with van der Waals surface area (Å²) in [5.41, 5.74) is 2.12. The number of aryl methyl sites for hydroxylation is 2. The Bertz CT molecular complexity index is 482. The predicted molar refractivity (Wildman–Crippen MR) is 84.0 cm³/mol. The fourth-order valence-corrected chi connectivity index (χ4v) is 2.23. The fraction of sp³-hybridized carbons (Fsp3) is 0.533. The molecular weight excluding hydrogens is 292 g/mol. The lowest BCUT2D eigenvalue weighted by molar-refractivity contribution is -0.123. The summed E-state index contributed by atoms with van der Waals surface area (Å²) in [5, 5.41) is 15.5. The van der Waals surface area contributed by atoms with E-state index in [0.717, 1.165) is 23.4 Å². The molecular formula is C15H23ClN2O3. The van der Waals surface area contributed by atoms with Crippen LogP contribution in [0.15, 0.2) is 18.2 Å². The largest absolute Gasteiger partial charge is 0.483 e. The zero-order valence-corrected chi connectivity index (χ0v) is 13.2. The number of nitrogens with one attached hydrogen (secondary N) is 2. The molecule has 2 unspecified atom stereocenters. The third-order valence-electron chi connectivity index (χ3n) is 3.57. The molecule has 0 bridgehead atoms. The van der Waals surface area contributed by atoms with Gasteiger partial charge >= 0.3 is 0 Å². The summed E-state index contributed by atoms with van der Waals surface area (Å²) in [6, 6.07) is 5.91. The second-order valence-electron chi connectivity index (χ2n) is 5.35. The van der Waals surface area contributed by atoms with Gasteiger partial charge in [-0.3, -0.25) is 4.79 Å². The molecule has 0 spiro atoms. The van der Waals surface area contributed by atoms with E-state index in [0.29, 0.717) is 13.1 Å². The topological polar surface area (TPSA) is 70.6 Å². The van der Waals surface area contributed by atoms with E-state index < -0.39 is 0 Å². The molecule has 1 fully saturated rings. The first-order chi connectivity index (χ1) is 9.56. The first kappa shape index (κ1) is 17.8. The van der Waals surface area contributed by atoms with Crippen LogP contribution in [0.25, 0.3) is 0 Å². The minimum Gasteiger partial charge on any atom is -0.483 e. The van der Waals surface area contributed by atoms with Gasteiger partial charge in [0.2, 0.25) is 0 Å². The minimum absolute atomic E-state index is 0.